The summed E-state index contributed by atoms with van der Waals surface area (Å²) in [6.07, 6.45) is 3.50. The second kappa shape index (κ2) is 7.93. The normalized spacial score (nSPS) is 11.2. The fourth-order valence-electron chi connectivity index (χ4n) is 1.94. The standard InChI is InChI=1S/C17H27NO2/c1-5-7-14-9-11-15(12-10-14)20-13-6-8-16(19)18-17(2,3)4/h9-12H,5-8,13H2,1-4H3,(H,18,19). The van der Waals surface area contributed by atoms with Crippen molar-refractivity contribution in [3.05, 3.63) is 29.8 Å². The van der Waals surface area contributed by atoms with Crippen LogP contribution in [0.3, 0.4) is 0 Å². The molecular formula is C17H27NO2. The van der Waals surface area contributed by atoms with Gasteiger partial charge in [0.05, 0.1) is 6.61 Å². The second-order valence-corrected chi connectivity index (χ2v) is 6.14. The van der Waals surface area contributed by atoms with Crippen molar-refractivity contribution in [2.75, 3.05) is 6.61 Å². The highest BCUT2D eigenvalue weighted by atomic mass is 16.5. The van der Waals surface area contributed by atoms with Gasteiger partial charge in [0.15, 0.2) is 0 Å². The van der Waals surface area contributed by atoms with Crippen LogP contribution in [0.2, 0.25) is 0 Å². The smallest absolute Gasteiger partial charge is 0.220 e. The molecular weight excluding hydrogens is 250 g/mol. The Bertz CT molecular complexity index is 404. The number of benzene rings is 1. The number of hydrogen-bond donors (Lipinski definition) is 1. The Kier molecular flexibility index (Phi) is 6.56. The summed E-state index contributed by atoms with van der Waals surface area (Å²) in [5, 5.41) is 2.94. The predicted octanol–water partition coefficient (Wildman–Crippen LogP) is 3.71. The monoisotopic (exact) mass is 277 g/mol. The Morgan fingerprint density at radius 3 is 2.40 bits per heavy atom. The van der Waals surface area contributed by atoms with E-state index < -0.39 is 0 Å². The topological polar surface area (TPSA) is 38.3 Å². The molecule has 0 spiro atoms. The van der Waals surface area contributed by atoms with Crippen LogP contribution in [0.4, 0.5) is 0 Å². The van der Waals surface area contributed by atoms with Crippen molar-refractivity contribution >= 4 is 5.91 Å². The van der Waals surface area contributed by atoms with Crippen molar-refractivity contribution in [1.29, 1.82) is 0 Å². The van der Waals surface area contributed by atoms with Crippen molar-refractivity contribution in [1.82, 2.24) is 5.32 Å². The molecule has 0 bridgehead atoms. The number of carbonyl (C=O) groups excluding carboxylic acids is 1. The summed E-state index contributed by atoms with van der Waals surface area (Å²) in [6, 6.07) is 8.21. The van der Waals surface area contributed by atoms with Gasteiger partial charge in [0.25, 0.3) is 0 Å². The van der Waals surface area contributed by atoms with E-state index in [1.165, 1.54) is 5.56 Å². The molecule has 1 rings (SSSR count). The highest BCUT2D eigenvalue weighted by Crippen LogP contribution is 2.13. The van der Waals surface area contributed by atoms with Crippen LogP contribution in [0, 0.1) is 0 Å². The highest BCUT2D eigenvalue weighted by Gasteiger charge is 2.12. The van der Waals surface area contributed by atoms with E-state index in [9.17, 15) is 4.79 Å². The molecule has 0 atom stereocenters. The minimum absolute atomic E-state index is 0.0828. The number of nitrogens with one attached hydrogen (secondary N) is 1. The molecule has 0 aliphatic rings. The van der Waals surface area contributed by atoms with Crippen LogP contribution in [-0.2, 0) is 11.2 Å². The lowest BCUT2D eigenvalue weighted by molar-refractivity contribution is -0.122. The molecule has 0 saturated carbocycles. The summed E-state index contributed by atoms with van der Waals surface area (Å²) in [5.41, 5.74) is 1.18. The van der Waals surface area contributed by atoms with Crippen molar-refractivity contribution < 1.29 is 9.53 Å². The van der Waals surface area contributed by atoms with Gasteiger partial charge in [-0.15, -0.1) is 0 Å². The van der Waals surface area contributed by atoms with Crippen molar-refractivity contribution in [3.8, 4) is 5.75 Å². The first kappa shape index (κ1) is 16.5. The number of ether oxygens (including phenoxy) is 1. The number of aryl methyl sites for hydroxylation is 1. The zero-order valence-corrected chi connectivity index (χ0v) is 13.2. The molecule has 20 heavy (non-hydrogen) atoms. The second-order valence-electron chi connectivity index (χ2n) is 6.14. The summed E-state index contributed by atoms with van der Waals surface area (Å²) >= 11 is 0. The maximum absolute atomic E-state index is 11.6. The number of rotatable bonds is 7. The fourth-order valence-corrected chi connectivity index (χ4v) is 1.94. The van der Waals surface area contributed by atoms with Crippen LogP contribution in [0.25, 0.3) is 0 Å². The van der Waals surface area contributed by atoms with Crippen LogP contribution in [0.5, 0.6) is 5.75 Å². The van der Waals surface area contributed by atoms with Gasteiger partial charge in [0.2, 0.25) is 5.91 Å². The lowest BCUT2D eigenvalue weighted by atomic mass is 10.1. The van der Waals surface area contributed by atoms with Crippen LogP contribution < -0.4 is 10.1 Å². The van der Waals surface area contributed by atoms with Gasteiger partial charge in [0, 0.05) is 12.0 Å². The molecule has 3 heteroatoms. The SMILES string of the molecule is CCCc1ccc(OCCCC(=O)NC(C)(C)C)cc1. The number of hydrogen-bond acceptors (Lipinski definition) is 2. The number of carbonyl (C=O) groups is 1. The van der Waals surface area contributed by atoms with E-state index in [-0.39, 0.29) is 11.4 Å². The molecule has 112 valence electrons. The Hall–Kier alpha value is -1.51. The summed E-state index contributed by atoms with van der Waals surface area (Å²) in [4.78, 5) is 11.6. The lowest BCUT2D eigenvalue weighted by Gasteiger charge is -2.20. The van der Waals surface area contributed by atoms with E-state index in [2.05, 4.69) is 24.4 Å². The number of amides is 1. The van der Waals surface area contributed by atoms with Gasteiger partial charge < -0.3 is 10.1 Å². The van der Waals surface area contributed by atoms with Gasteiger partial charge in [-0.3, -0.25) is 4.79 Å². The average molecular weight is 277 g/mol. The molecule has 1 aromatic rings. The first-order valence-electron chi connectivity index (χ1n) is 7.43. The zero-order valence-electron chi connectivity index (χ0n) is 13.2. The third-order valence-corrected chi connectivity index (χ3v) is 2.79. The van der Waals surface area contributed by atoms with Crippen LogP contribution in [0.1, 0.15) is 52.5 Å². The van der Waals surface area contributed by atoms with E-state index in [4.69, 9.17) is 4.74 Å². The van der Waals surface area contributed by atoms with E-state index in [1.54, 1.807) is 0 Å². The molecule has 3 nitrogen and oxygen atoms in total. The van der Waals surface area contributed by atoms with Crippen molar-refractivity contribution in [3.63, 3.8) is 0 Å². The Labute approximate surface area is 122 Å². The fraction of sp³-hybridized carbons (Fsp3) is 0.588. The molecule has 0 unspecified atom stereocenters. The molecule has 0 heterocycles. The van der Waals surface area contributed by atoms with Gasteiger partial charge in [-0.1, -0.05) is 25.5 Å². The van der Waals surface area contributed by atoms with Gasteiger partial charge >= 0.3 is 0 Å². The zero-order chi connectivity index (χ0) is 15.0. The largest absolute Gasteiger partial charge is 0.494 e. The van der Waals surface area contributed by atoms with Crippen LogP contribution in [-0.4, -0.2) is 18.1 Å². The first-order valence-corrected chi connectivity index (χ1v) is 7.43. The van der Waals surface area contributed by atoms with E-state index >= 15 is 0 Å². The highest BCUT2D eigenvalue weighted by molar-refractivity contribution is 5.76. The summed E-state index contributed by atoms with van der Waals surface area (Å²) < 4.78 is 5.64. The summed E-state index contributed by atoms with van der Waals surface area (Å²) in [6.45, 7) is 8.70. The molecule has 0 aliphatic heterocycles. The summed E-state index contributed by atoms with van der Waals surface area (Å²) in [7, 11) is 0. The lowest BCUT2D eigenvalue weighted by Crippen LogP contribution is -2.40. The molecule has 1 amide bonds. The predicted molar refractivity (Wildman–Crippen MR) is 83.1 cm³/mol. The molecule has 0 aromatic heterocycles. The Morgan fingerprint density at radius 2 is 1.85 bits per heavy atom. The van der Waals surface area contributed by atoms with E-state index in [0.29, 0.717) is 13.0 Å². The van der Waals surface area contributed by atoms with Crippen LogP contribution in [0.15, 0.2) is 24.3 Å². The maximum Gasteiger partial charge on any atom is 0.220 e. The third kappa shape index (κ3) is 7.17. The Morgan fingerprint density at radius 1 is 1.20 bits per heavy atom. The van der Waals surface area contributed by atoms with Crippen LogP contribution >= 0.6 is 0 Å². The molecule has 0 aliphatic carbocycles. The average Bonchev–Trinajstić information content (AvgIpc) is 2.35. The molecule has 1 N–H and O–H groups in total. The molecule has 0 radical (unpaired) electrons. The van der Waals surface area contributed by atoms with Gasteiger partial charge in [0.1, 0.15) is 5.75 Å². The molecule has 0 saturated heterocycles. The summed E-state index contributed by atoms with van der Waals surface area (Å²) in [5.74, 6) is 0.959. The minimum atomic E-state index is -0.160. The quantitative estimate of drug-likeness (QED) is 0.772. The molecule has 0 fully saturated rings. The Balaban J connectivity index is 2.22. The van der Waals surface area contributed by atoms with Crippen molar-refractivity contribution in [2.45, 2.75) is 58.9 Å². The molecule has 1 aromatic carbocycles. The van der Waals surface area contributed by atoms with E-state index in [1.807, 2.05) is 32.9 Å². The van der Waals surface area contributed by atoms with Gasteiger partial charge in [-0.05, 0) is 51.3 Å². The third-order valence-electron chi connectivity index (χ3n) is 2.79. The minimum Gasteiger partial charge on any atom is -0.494 e. The van der Waals surface area contributed by atoms with E-state index in [0.717, 1.165) is 25.0 Å². The van der Waals surface area contributed by atoms with Gasteiger partial charge in [-0.2, -0.15) is 0 Å². The first-order chi connectivity index (χ1) is 9.40. The van der Waals surface area contributed by atoms with Crippen molar-refractivity contribution in [2.24, 2.45) is 0 Å². The maximum atomic E-state index is 11.6. The van der Waals surface area contributed by atoms with Gasteiger partial charge in [-0.25, -0.2) is 0 Å².